The summed E-state index contributed by atoms with van der Waals surface area (Å²) < 4.78 is 31.3. The van der Waals surface area contributed by atoms with Crippen LogP contribution >= 0.6 is 0 Å². The van der Waals surface area contributed by atoms with E-state index >= 15 is 0 Å². The largest absolute Gasteiger partial charge is 0.493 e. The van der Waals surface area contributed by atoms with Crippen LogP contribution in [0.4, 0.5) is 11.4 Å². The molecule has 1 heterocycles. The number of para-hydroxylation sites is 3. The third kappa shape index (κ3) is 9.94. The number of aromatic nitrogens is 2. The summed E-state index contributed by atoms with van der Waals surface area (Å²) >= 11 is 0. The number of nitro groups is 1. The number of ether oxygens (including phenoxy) is 4. The zero-order valence-electron chi connectivity index (χ0n) is 36.0. The number of benzene rings is 5. The van der Waals surface area contributed by atoms with Gasteiger partial charge in [-0.05, 0) is 98.7 Å². The smallest absolute Gasteiger partial charge is 0.300 e. The molecule has 13 heteroatoms. The number of carbonyl (C=O) groups excluding carboxylic acids is 1. The van der Waals surface area contributed by atoms with Crippen LogP contribution < -0.4 is 29.6 Å². The van der Waals surface area contributed by atoms with E-state index in [2.05, 4.69) is 103 Å². The number of rotatable bonds is 18. The molecule has 0 atom stereocenters. The Hall–Kier alpha value is -6.63. The molecule has 0 radical (unpaired) electrons. The van der Waals surface area contributed by atoms with Crippen LogP contribution in [0.3, 0.4) is 0 Å². The number of carbonyl (C=O) groups is 1. The number of nitrogens with zero attached hydrogens (tertiary/aromatic N) is 3. The van der Waals surface area contributed by atoms with Crippen LogP contribution in [-0.2, 0) is 25.7 Å². The number of non-ortho nitro benzene ring substituents is 1. The number of anilines is 1. The average molecular weight is 842 g/mol. The topological polar surface area (TPSA) is 160 Å². The fourth-order valence-corrected chi connectivity index (χ4v) is 7.89. The number of amides is 1. The molecular formula is C49H55N5O8. The van der Waals surface area contributed by atoms with Crippen LogP contribution in [0.25, 0.3) is 11.0 Å². The quantitative estimate of drug-likeness (QED) is 0.0481. The molecule has 62 heavy (non-hydrogen) atoms. The van der Waals surface area contributed by atoms with Crippen LogP contribution in [0.2, 0.25) is 0 Å². The summed E-state index contributed by atoms with van der Waals surface area (Å²) in [6.07, 6.45) is 5.52. The lowest BCUT2D eigenvalue weighted by Gasteiger charge is -2.23. The maximum absolute atomic E-state index is 14.2. The lowest BCUT2D eigenvalue weighted by Crippen LogP contribution is -2.29. The van der Waals surface area contributed by atoms with Crippen molar-refractivity contribution in [1.29, 1.82) is 0 Å². The van der Waals surface area contributed by atoms with E-state index < -0.39 is 4.92 Å². The van der Waals surface area contributed by atoms with Crippen molar-refractivity contribution in [2.24, 2.45) is 0 Å². The van der Waals surface area contributed by atoms with Crippen molar-refractivity contribution in [2.75, 3.05) is 44.8 Å². The van der Waals surface area contributed by atoms with Gasteiger partial charge in [0, 0.05) is 50.4 Å². The molecular weight excluding hydrogens is 787 g/mol. The summed E-state index contributed by atoms with van der Waals surface area (Å²) in [4.78, 5) is 25.1. The lowest BCUT2D eigenvalue weighted by molar-refractivity contribution is -0.383. The molecule has 0 aliphatic heterocycles. The van der Waals surface area contributed by atoms with Gasteiger partial charge in [0.25, 0.3) is 5.91 Å². The van der Waals surface area contributed by atoms with Gasteiger partial charge in [-0.2, -0.15) is 0 Å². The summed E-state index contributed by atoms with van der Waals surface area (Å²) in [5, 5.41) is 25.3. The number of hydrogen-bond acceptors (Lipinski definition) is 11. The summed E-state index contributed by atoms with van der Waals surface area (Å²) in [5.41, 5.74) is 9.11. The normalized spacial score (nSPS) is 12.1. The minimum Gasteiger partial charge on any atom is -0.493 e. The van der Waals surface area contributed by atoms with Crippen LogP contribution in [0, 0.1) is 10.1 Å². The van der Waals surface area contributed by atoms with Crippen molar-refractivity contribution in [3.63, 3.8) is 0 Å². The molecule has 1 aliphatic carbocycles. The molecule has 1 aliphatic rings. The highest BCUT2D eigenvalue weighted by atomic mass is 16.6. The predicted molar refractivity (Wildman–Crippen MR) is 239 cm³/mol. The molecule has 6 aromatic rings. The van der Waals surface area contributed by atoms with Crippen molar-refractivity contribution < 1.29 is 33.3 Å². The number of nitrogens with one attached hydrogen (secondary N) is 2. The average Bonchev–Trinajstić information content (AvgIpc) is 3.77. The molecule has 0 saturated heterocycles. The van der Waals surface area contributed by atoms with E-state index in [1.807, 2.05) is 12.1 Å². The molecule has 7 rings (SSSR count). The van der Waals surface area contributed by atoms with Gasteiger partial charge in [0.2, 0.25) is 5.52 Å². The van der Waals surface area contributed by atoms with Gasteiger partial charge in [-0.3, -0.25) is 14.9 Å². The van der Waals surface area contributed by atoms with Crippen LogP contribution in [0.5, 0.6) is 23.0 Å². The Balaban J connectivity index is 1.31. The van der Waals surface area contributed by atoms with Gasteiger partial charge in [0.1, 0.15) is 23.0 Å². The third-order valence-corrected chi connectivity index (χ3v) is 10.7. The van der Waals surface area contributed by atoms with Crippen LogP contribution in [-0.4, -0.2) is 60.7 Å². The second-order valence-electron chi connectivity index (χ2n) is 15.5. The van der Waals surface area contributed by atoms with E-state index in [1.165, 1.54) is 6.07 Å². The van der Waals surface area contributed by atoms with Crippen molar-refractivity contribution in [1.82, 2.24) is 15.6 Å². The summed E-state index contributed by atoms with van der Waals surface area (Å²) in [6, 6.07) is 25.8. The van der Waals surface area contributed by atoms with E-state index in [9.17, 15) is 14.9 Å². The highest BCUT2D eigenvalue weighted by Gasteiger charge is 2.24. The van der Waals surface area contributed by atoms with Gasteiger partial charge >= 0.3 is 5.69 Å². The Kier molecular flexibility index (Phi) is 14.6. The van der Waals surface area contributed by atoms with Crippen molar-refractivity contribution >= 4 is 28.3 Å². The van der Waals surface area contributed by atoms with Crippen molar-refractivity contribution in [3.8, 4) is 23.0 Å². The van der Waals surface area contributed by atoms with E-state index in [4.69, 9.17) is 23.6 Å². The Labute approximate surface area is 362 Å². The molecule has 1 amide bonds. The Morgan fingerprint density at radius 1 is 0.597 bits per heavy atom. The van der Waals surface area contributed by atoms with E-state index in [0.29, 0.717) is 69.9 Å². The summed E-state index contributed by atoms with van der Waals surface area (Å²) in [6.45, 7) is 11.2. The van der Waals surface area contributed by atoms with Crippen molar-refractivity contribution in [3.05, 3.63) is 139 Å². The maximum Gasteiger partial charge on any atom is 0.300 e. The standard InChI is InChI=1S/C49H55N5O8/c1-5-22-58-45-32-12-9-13-33(45)27-35-15-11-17-37(47(35)60-24-7-3)29-39-31-40(49(55)51-21-20-50-41-18-19-42(54(56)57)44-43(41)52-62-53-44)30-38(48(39)61-25-8-4)28-36-16-10-14-34(26-32)46(36)59-23-6-2/h9-19,30-31,50H,5-8,20-29H2,1-4H3,(H,51,55). The molecule has 1 aromatic heterocycles. The molecule has 8 bridgehead atoms. The molecule has 2 N–H and O–H groups in total. The lowest BCUT2D eigenvalue weighted by atomic mass is 9.90. The first-order chi connectivity index (χ1) is 30.3. The van der Waals surface area contributed by atoms with Gasteiger partial charge in [0.05, 0.1) is 37.0 Å². The van der Waals surface area contributed by atoms with Crippen LogP contribution in [0.1, 0.15) is 108 Å². The maximum atomic E-state index is 14.2. The summed E-state index contributed by atoms with van der Waals surface area (Å²) in [7, 11) is 0. The second kappa shape index (κ2) is 20.8. The number of fused-ring (bicyclic) bond motifs is 9. The summed E-state index contributed by atoms with van der Waals surface area (Å²) in [5.74, 6) is 3.07. The fraction of sp³-hybridized carbons (Fsp3) is 0.367. The Bertz CT molecular complexity index is 2410. The van der Waals surface area contributed by atoms with E-state index in [0.717, 1.165) is 93.2 Å². The Morgan fingerprint density at radius 2 is 1.00 bits per heavy atom. The molecule has 324 valence electrons. The molecule has 5 aromatic carbocycles. The number of nitro benzene ring substituents is 1. The van der Waals surface area contributed by atoms with Crippen LogP contribution in [0.15, 0.2) is 83.5 Å². The minimum atomic E-state index is -0.530. The van der Waals surface area contributed by atoms with Gasteiger partial charge in [-0.25, -0.2) is 4.63 Å². The van der Waals surface area contributed by atoms with Crippen molar-refractivity contribution in [2.45, 2.75) is 79.1 Å². The van der Waals surface area contributed by atoms with Gasteiger partial charge in [0.15, 0.2) is 5.52 Å². The molecule has 0 unspecified atom stereocenters. The SMILES string of the molecule is CCCOc1c2cccc1Cc1cccc(c1OCCC)Cc1cc(C(=O)NCCNc3ccc([N+](=O)[O-])c4nonc34)cc(c1OCCC)Cc1cccc(c1OCCC)C2. The van der Waals surface area contributed by atoms with E-state index in [1.54, 1.807) is 6.07 Å². The number of hydrogen-bond donors (Lipinski definition) is 2. The second-order valence-corrected chi connectivity index (χ2v) is 15.5. The van der Waals surface area contributed by atoms with E-state index in [-0.39, 0.29) is 29.2 Å². The highest BCUT2D eigenvalue weighted by molar-refractivity contribution is 5.95. The Morgan fingerprint density at radius 3 is 1.42 bits per heavy atom. The zero-order valence-corrected chi connectivity index (χ0v) is 36.0. The first-order valence-corrected chi connectivity index (χ1v) is 21.7. The predicted octanol–water partition coefficient (Wildman–Crippen LogP) is 9.80. The first kappa shape index (κ1) is 43.5. The highest BCUT2D eigenvalue weighted by Crippen LogP contribution is 2.40. The molecule has 0 spiro atoms. The third-order valence-electron chi connectivity index (χ3n) is 10.7. The minimum absolute atomic E-state index is 0.0498. The molecule has 13 nitrogen and oxygen atoms in total. The van der Waals surface area contributed by atoms with Gasteiger partial charge < -0.3 is 29.6 Å². The monoisotopic (exact) mass is 841 g/mol. The zero-order chi connectivity index (χ0) is 43.4. The molecule has 0 fully saturated rings. The first-order valence-electron chi connectivity index (χ1n) is 21.7. The van der Waals surface area contributed by atoms with Gasteiger partial charge in [-0.1, -0.05) is 82.3 Å². The molecule has 0 saturated carbocycles. The fourth-order valence-electron chi connectivity index (χ4n) is 7.89. The van der Waals surface area contributed by atoms with Gasteiger partial charge in [-0.15, -0.1) is 0 Å².